The van der Waals surface area contributed by atoms with E-state index in [0.717, 1.165) is 16.6 Å². The highest BCUT2D eigenvalue weighted by molar-refractivity contribution is 5.81. The summed E-state index contributed by atoms with van der Waals surface area (Å²) in [6, 6.07) is 13.6. The molecule has 0 aliphatic heterocycles. The molecule has 21 heavy (non-hydrogen) atoms. The molecule has 2 N–H and O–H groups in total. The molecule has 1 aliphatic rings. The van der Waals surface area contributed by atoms with Crippen molar-refractivity contribution >= 4 is 16.6 Å². The number of aromatic nitrogens is 2. The van der Waals surface area contributed by atoms with Gasteiger partial charge in [0.2, 0.25) is 0 Å². The molecule has 0 spiro atoms. The van der Waals surface area contributed by atoms with Crippen molar-refractivity contribution in [1.82, 2.24) is 10.2 Å². The van der Waals surface area contributed by atoms with Gasteiger partial charge in [-0.3, -0.25) is 5.10 Å². The van der Waals surface area contributed by atoms with Gasteiger partial charge in [0.25, 0.3) is 0 Å². The summed E-state index contributed by atoms with van der Waals surface area (Å²) in [5.74, 6) is 0. The third-order valence-electron chi connectivity index (χ3n) is 4.45. The van der Waals surface area contributed by atoms with Crippen LogP contribution < -0.4 is 5.32 Å². The van der Waals surface area contributed by atoms with Crippen molar-refractivity contribution in [3.05, 3.63) is 59.3 Å². The molecular weight excluding hydrogens is 258 g/mol. The molecule has 3 nitrogen and oxygen atoms in total. The van der Waals surface area contributed by atoms with Crippen molar-refractivity contribution in [2.75, 3.05) is 5.32 Å². The highest BCUT2D eigenvalue weighted by Crippen LogP contribution is 2.27. The SMILES string of the molecule is CC(Nc1ccc2[nH]ncc2c1)c1ccc2c(c1)CCC2. The summed E-state index contributed by atoms with van der Waals surface area (Å²) in [5, 5.41) is 11.8. The Morgan fingerprint density at radius 3 is 2.95 bits per heavy atom. The van der Waals surface area contributed by atoms with Gasteiger partial charge < -0.3 is 5.32 Å². The molecule has 4 rings (SSSR count). The van der Waals surface area contributed by atoms with Crippen LogP contribution in [0.4, 0.5) is 5.69 Å². The number of H-pyrrole nitrogens is 1. The van der Waals surface area contributed by atoms with Crippen LogP contribution in [0.5, 0.6) is 0 Å². The third-order valence-corrected chi connectivity index (χ3v) is 4.45. The number of rotatable bonds is 3. The van der Waals surface area contributed by atoms with E-state index in [1.807, 2.05) is 6.20 Å². The molecule has 1 atom stereocenters. The van der Waals surface area contributed by atoms with Crippen molar-refractivity contribution in [3.8, 4) is 0 Å². The molecule has 0 saturated heterocycles. The molecule has 3 heteroatoms. The quantitative estimate of drug-likeness (QED) is 0.752. The van der Waals surface area contributed by atoms with E-state index in [4.69, 9.17) is 0 Å². The lowest BCUT2D eigenvalue weighted by molar-refractivity contribution is 0.880. The normalized spacial score (nSPS) is 15.1. The zero-order chi connectivity index (χ0) is 14.2. The number of hydrogen-bond acceptors (Lipinski definition) is 2. The Kier molecular flexibility index (Phi) is 2.92. The van der Waals surface area contributed by atoms with Crippen LogP contribution in [-0.4, -0.2) is 10.2 Å². The Morgan fingerprint density at radius 1 is 1.10 bits per heavy atom. The number of aromatic amines is 1. The first kappa shape index (κ1) is 12.5. The molecule has 0 saturated carbocycles. The third kappa shape index (κ3) is 2.29. The van der Waals surface area contributed by atoms with Crippen LogP contribution in [0.25, 0.3) is 10.9 Å². The van der Waals surface area contributed by atoms with E-state index < -0.39 is 0 Å². The molecule has 1 unspecified atom stereocenters. The summed E-state index contributed by atoms with van der Waals surface area (Å²) in [6.45, 7) is 2.22. The topological polar surface area (TPSA) is 40.7 Å². The van der Waals surface area contributed by atoms with Gasteiger partial charge >= 0.3 is 0 Å². The Labute approximate surface area is 124 Å². The van der Waals surface area contributed by atoms with Gasteiger partial charge in [-0.25, -0.2) is 0 Å². The maximum atomic E-state index is 4.07. The molecular formula is C18H19N3. The summed E-state index contributed by atoms with van der Waals surface area (Å²) in [5.41, 5.74) is 6.64. The Morgan fingerprint density at radius 2 is 2.00 bits per heavy atom. The zero-order valence-electron chi connectivity index (χ0n) is 12.2. The maximum Gasteiger partial charge on any atom is 0.0651 e. The molecule has 1 aromatic heterocycles. The molecule has 0 bridgehead atoms. The standard InChI is InChI=1S/C18H19N3/c1-12(14-6-5-13-3-2-4-15(13)9-14)20-17-7-8-18-16(10-17)11-19-21-18/h5-12,20H,2-4H2,1H3,(H,19,21). The van der Waals surface area contributed by atoms with Gasteiger partial charge in [0.05, 0.1) is 11.7 Å². The van der Waals surface area contributed by atoms with E-state index in [2.05, 4.69) is 58.8 Å². The van der Waals surface area contributed by atoms with Crippen LogP contribution >= 0.6 is 0 Å². The molecule has 1 heterocycles. The molecule has 0 amide bonds. The Hall–Kier alpha value is -2.29. The van der Waals surface area contributed by atoms with Crippen molar-refractivity contribution in [3.63, 3.8) is 0 Å². The largest absolute Gasteiger partial charge is 0.379 e. The molecule has 106 valence electrons. The first-order chi connectivity index (χ1) is 10.3. The van der Waals surface area contributed by atoms with Crippen molar-refractivity contribution in [2.45, 2.75) is 32.2 Å². The number of fused-ring (bicyclic) bond motifs is 2. The second kappa shape index (κ2) is 4.92. The predicted octanol–water partition coefficient (Wildman–Crippen LogP) is 4.22. The summed E-state index contributed by atoms with van der Waals surface area (Å²) >= 11 is 0. The minimum Gasteiger partial charge on any atom is -0.379 e. The van der Waals surface area contributed by atoms with Gasteiger partial charge in [-0.05, 0) is 61.1 Å². The highest BCUT2D eigenvalue weighted by atomic mass is 15.1. The molecule has 1 aliphatic carbocycles. The van der Waals surface area contributed by atoms with Crippen molar-refractivity contribution < 1.29 is 0 Å². The minimum atomic E-state index is 0.306. The smallest absolute Gasteiger partial charge is 0.0651 e. The number of nitrogens with one attached hydrogen (secondary N) is 2. The first-order valence-electron chi connectivity index (χ1n) is 7.61. The monoisotopic (exact) mass is 277 g/mol. The van der Waals surface area contributed by atoms with E-state index in [9.17, 15) is 0 Å². The Bertz CT molecular complexity index is 788. The Balaban J connectivity index is 1.58. The van der Waals surface area contributed by atoms with Gasteiger partial charge in [0, 0.05) is 17.1 Å². The number of benzene rings is 2. The second-order valence-electron chi connectivity index (χ2n) is 5.92. The lowest BCUT2D eigenvalue weighted by Crippen LogP contribution is -2.07. The first-order valence-corrected chi connectivity index (χ1v) is 7.61. The van der Waals surface area contributed by atoms with Crippen LogP contribution in [0, 0.1) is 0 Å². The minimum absolute atomic E-state index is 0.306. The molecule has 0 fully saturated rings. The van der Waals surface area contributed by atoms with Crippen LogP contribution in [0.3, 0.4) is 0 Å². The van der Waals surface area contributed by atoms with Crippen LogP contribution in [0.2, 0.25) is 0 Å². The van der Waals surface area contributed by atoms with E-state index >= 15 is 0 Å². The molecule has 0 radical (unpaired) electrons. The summed E-state index contributed by atoms with van der Waals surface area (Å²) in [4.78, 5) is 0. The van der Waals surface area contributed by atoms with Gasteiger partial charge in [0.15, 0.2) is 0 Å². The number of aryl methyl sites for hydroxylation is 2. The molecule has 2 aromatic carbocycles. The fraction of sp³-hybridized carbons (Fsp3) is 0.278. The number of nitrogens with zero attached hydrogens (tertiary/aromatic N) is 1. The average molecular weight is 277 g/mol. The van der Waals surface area contributed by atoms with E-state index in [1.165, 1.54) is 36.0 Å². The molecule has 3 aromatic rings. The van der Waals surface area contributed by atoms with E-state index in [1.54, 1.807) is 0 Å². The summed E-state index contributed by atoms with van der Waals surface area (Å²) in [6.07, 6.45) is 5.64. The van der Waals surface area contributed by atoms with Gasteiger partial charge in [-0.15, -0.1) is 0 Å². The highest BCUT2D eigenvalue weighted by Gasteiger charge is 2.13. The van der Waals surface area contributed by atoms with Crippen LogP contribution in [0.1, 0.15) is 36.1 Å². The zero-order valence-corrected chi connectivity index (χ0v) is 12.2. The summed E-state index contributed by atoms with van der Waals surface area (Å²) in [7, 11) is 0. The van der Waals surface area contributed by atoms with E-state index in [-0.39, 0.29) is 0 Å². The fourth-order valence-corrected chi connectivity index (χ4v) is 3.23. The van der Waals surface area contributed by atoms with Gasteiger partial charge in [-0.1, -0.05) is 18.2 Å². The number of anilines is 1. The number of hydrogen-bond donors (Lipinski definition) is 2. The fourth-order valence-electron chi connectivity index (χ4n) is 3.23. The lowest BCUT2D eigenvalue weighted by atomic mass is 10.0. The maximum absolute atomic E-state index is 4.07. The van der Waals surface area contributed by atoms with Crippen molar-refractivity contribution in [1.29, 1.82) is 0 Å². The van der Waals surface area contributed by atoms with Crippen LogP contribution in [0.15, 0.2) is 42.6 Å². The lowest BCUT2D eigenvalue weighted by Gasteiger charge is -2.17. The van der Waals surface area contributed by atoms with Gasteiger partial charge in [-0.2, -0.15) is 5.10 Å². The summed E-state index contributed by atoms with van der Waals surface area (Å²) < 4.78 is 0. The van der Waals surface area contributed by atoms with Gasteiger partial charge in [0.1, 0.15) is 0 Å². The van der Waals surface area contributed by atoms with E-state index in [0.29, 0.717) is 6.04 Å². The second-order valence-corrected chi connectivity index (χ2v) is 5.92. The van der Waals surface area contributed by atoms with Crippen molar-refractivity contribution in [2.24, 2.45) is 0 Å². The predicted molar refractivity (Wildman–Crippen MR) is 86.6 cm³/mol. The average Bonchev–Trinajstić information content (AvgIpc) is 3.14. The van der Waals surface area contributed by atoms with Crippen LogP contribution in [-0.2, 0) is 12.8 Å².